The number of amides is 3. The second-order valence-corrected chi connectivity index (χ2v) is 4.61. The van der Waals surface area contributed by atoms with E-state index in [1.54, 1.807) is 6.92 Å². The number of halogens is 1. The van der Waals surface area contributed by atoms with Crippen LogP contribution in [0.2, 0.25) is 5.15 Å². The van der Waals surface area contributed by atoms with Crippen LogP contribution in [0.25, 0.3) is 0 Å². The monoisotopic (exact) mass is 313 g/mol. The number of hydrogen-bond acceptors (Lipinski definition) is 5. The van der Waals surface area contributed by atoms with Gasteiger partial charge >= 0.3 is 12.0 Å². The van der Waals surface area contributed by atoms with Gasteiger partial charge in [-0.25, -0.2) is 14.6 Å². The highest BCUT2D eigenvalue weighted by Crippen LogP contribution is 2.12. The molecule has 1 aromatic rings. The van der Waals surface area contributed by atoms with Crippen molar-refractivity contribution in [1.29, 1.82) is 0 Å². The number of imide groups is 1. The molecule has 0 saturated heterocycles. The van der Waals surface area contributed by atoms with Crippen LogP contribution >= 0.6 is 11.6 Å². The van der Waals surface area contributed by atoms with Crippen molar-refractivity contribution in [3.8, 4) is 0 Å². The normalized spacial score (nSPS) is 11.4. The van der Waals surface area contributed by atoms with E-state index in [4.69, 9.17) is 16.3 Å². The molecule has 0 aromatic carbocycles. The quantitative estimate of drug-likeness (QED) is 0.634. The number of pyridine rings is 1. The molecular formula is C13H16ClN3O4. The molecule has 0 saturated carbocycles. The van der Waals surface area contributed by atoms with Crippen molar-refractivity contribution in [3.63, 3.8) is 0 Å². The second-order valence-electron chi connectivity index (χ2n) is 4.25. The van der Waals surface area contributed by atoms with Crippen molar-refractivity contribution in [3.05, 3.63) is 29.0 Å². The van der Waals surface area contributed by atoms with Gasteiger partial charge in [0, 0.05) is 12.2 Å². The summed E-state index contributed by atoms with van der Waals surface area (Å²) < 4.78 is 4.75. The van der Waals surface area contributed by atoms with Crippen LogP contribution in [0.3, 0.4) is 0 Å². The minimum absolute atomic E-state index is 0.0163. The number of nitrogens with one attached hydrogen (secondary N) is 2. The van der Waals surface area contributed by atoms with Crippen LogP contribution in [0.1, 0.15) is 30.6 Å². The minimum atomic E-state index is -0.786. The van der Waals surface area contributed by atoms with Crippen LogP contribution < -0.4 is 10.6 Å². The van der Waals surface area contributed by atoms with Gasteiger partial charge in [-0.2, -0.15) is 0 Å². The number of carbonyl (C=O) groups is 3. The molecule has 0 spiro atoms. The van der Waals surface area contributed by atoms with E-state index >= 15 is 0 Å². The number of esters is 1. The largest absolute Gasteiger partial charge is 0.452 e. The Kier molecular flexibility index (Phi) is 6.61. The lowest BCUT2D eigenvalue weighted by atomic mass is 10.3. The number of ether oxygens (including phenoxy) is 1. The van der Waals surface area contributed by atoms with Gasteiger partial charge in [0.25, 0.3) is 5.91 Å². The molecule has 21 heavy (non-hydrogen) atoms. The van der Waals surface area contributed by atoms with Crippen LogP contribution in [0.5, 0.6) is 0 Å². The van der Waals surface area contributed by atoms with Gasteiger partial charge in [0.1, 0.15) is 5.15 Å². The Morgan fingerprint density at radius 2 is 2.14 bits per heavy atom. The molecule has 1 rings (SSSR count). The number of urea groups is 1. The Hall–Kier alpha value is -2.15. The number of rotatable bonds is 5. The number of carbonyl (C=O) groups excluding carboxylic acids is 3. The molecule has 0 aliphatic carbocycles. The third kappa shape index (κ3) is 5.78. The Morgan fingerprint density at radius 1 is 1.43 bits per heavy atom. The standard InChI is InChI=1S/C13H16ClN3O4/c1-3-8(2)16-13(20)17-10(18)7-21-12(19)9-5-4-6-15-11(9)14/h4-6,8H,3,7H2,1-2H3,(H2,16,17,18,20)/t8-/m0/s1. The van der Waals surface area contributed by atoms with Crippen LogP contribution in [0.4, 0.5) is 4.79 Å². The molecule has 7 nitrogen and oxygen atoms in total. The number of hydrogen-bond donors (Lipinski definition) is 2. The molecule has 1 aromatic heterocycles. The van der Waals surface area contributed by atoms with Gasteiger partial charge in [-0.15, -0.1) is 0 Å². The first-order chi connectivity index (χ1) is 9.93. The zero-order valence-electron chi connectivity index (χ0n) is 11.7. The third-order valence-electron chi connectivity index (χ3n) is 2.56. The SMILES string of the molecule is CC[C@H](C)NC(=O)NC(=O)COC(=O)c1cccnc1Cl. The fraction of sp³-hybridized carbons (Fsp3) is 0.385. The Morgan fingerprint density at radius 3 is 2.76 bits per heavy atom. The van der Waals surface area contributed by atoms with Gasteiger partial charge in [-0.05, 0) is 25.5 Å². The van der Waals surface area contributed by atoms with Crippen LogP contribution in [0, 0.1) is 0 Å². The van der Waals surface area contributed by atoms with Gasteiger partial charge in [0.05, 0.1) is 5.56 Å². The molecule has 8 heteroatoms. The molecule has 0 aliphatic rings. The zero-order valence-corrected chi connectivity index (χ0v) is 12.4. The lowest BCUT2D eigenvalue weighted by Gasteiger charge is -2.11. The van der Waals surface area contributed by atoms with E-state index in [0.29, 0.717) is 0 Å². The van der Waals surface area contributed by atoms with Crippen molar-refractivity contribution in [1.82, 2.24) is 15.6 Å². The zero-order chi connectivity index (χ0) is 15.8. The topological polar surface area (TPSA) is 97.4 Å². The molecule has 0 fully saturated rings. The Labute approximate surface area is 127 Å². The van der Waals surface area contributed by atoms with Crippen LogP contribution in [-0.4, -0.2) is 35.5 Å². The lowest BCUT2D eigenvalue weighted by molar-refractivity contribution is -0.123. The first-order valence-electron chi connectivity index (χ1n) is 6.32. The van der Waals surface area contributed by atoms with E-state index in [2.05, 4.69) is 15.6 Å². The van der Waals surface area contributed by atoms with Crippen LogP contribution in [0.15, 0.2) is 18.3 Å². The molecule has 0 aliphatic heterocycles. The molecule has 2 N–H and O–H groups in total. The summed E-state index contributed by atoms with van der Waals surface area (Å²) in [7, 11) is 0. The first kappa shape index (κ1) is 16.9. The molecule has 0 unspecified atom stereocenters. The van der Waals surface area contributed by atoms with E-state index in [9.17, 15) is 14.4 Å². The average Bonchev–Trinajstić information content (AvgIpc) is 2.44. The van der Waals surface area contributed by atoms with E-state index in [1.807, 2.05) is 6.92 Å². The fourth-order valence-electron chi connectivity index (χ4n) is 1.27. The highest BCUT2D eigenvalue weighted by atomic mass is 35.5. The van der Waals surface area contributed by atoms with Gasteiger partial charge in [0.2, 0.25) is 0 Å². The minimum Gasteiger partial charge on any atom is -0.452 e. The fourth-order valence-corrected chi connectivity index (χ4v) is 1.47. The summed E-state index contributed by atoms with van der Waals surface area (Å²) in [4.78, 5) is 38.2. The average molecular weight is 314 g/mol. The highest BCUT2D eigenvalue weighted by molar-refractivity contribution is 6.32. The van der Waals surface area contributed by atoms with Gasteiger partial charge in [0.15, 0.2) is 6.61 Å². The summed E-state index contributed by atoms with van der Waals surface area (Å²) in [5.41, 5.74) is 0.0519. The summed E-state index contributed by atoms with van der Waals surface area (Å²) in [6.07, 6.45) is 2.15. The van der Waals surface area contributed by atoms with Crippen molar-refractivity contribution >= 4 is 29.5 Å². The Bertz CT molecular complexity index is 536. The molecule has 0 bridgehead atoms. The summed E-state index contributed by atoms with van der Waals surface area (Å²) >= 11 is 5.72. The summed E-state index contributed by atoms with van der Waals surface area (Å²) in [6, 6.07) is 2.24. The predicted molar refractivity (Wildman–Crippen MR) is 76.0 cm³/mol. The molecule has 3 amide bonds. The predicted octanol–water partition coefficient (Wildman–Crippen LogP) is 1.52. The third-order valence-corrected chi connectivity index (χ3v) is 2.86. The van der Waals surface area contributed by atoms with Crippen molar-refractivity contribution < 1.29 is 19.1 Å². The smallest absolute Gasteiger partial charge is 0.341 e. The molecule has 1 heterocycles. The summed E-state index contributed by atoms with van der Waals surface area (Å²) in [5, 5.41) is 4.58. The van der Waals surface area contributed by atoms with Crippen LogP contribution in [-0.2, 0) is 9.53 Å². The number of aromatic nitrogens is 1. The summed E-state index contributed by atoms with van der Waals surface area (Å²) in [5.74, 6) is -1.52. The maximum Gasteiger partial charge on any atom is 0.341 e. The van der Waals surface area contributed by atoms with Gasteiger partial charge < -0.3 is 10.1 Å². The summed E-state index contributed by atoms with van der Waals surface area (Å²) in [6.45, 7) is 3.11. The molecule has 0 radical (unpaired) electrons. The van der Waals surface area contributed by atoms with E-state index < -0.39 is 24.5 Å². The van der Waals surface area contributed by atoms with Gasteiger partial charge in [-0.3, -0.25) is 10.1 Å². The maximum atomic E-state index is 11.7. The highest BCUT2D eigenvalue weighted by Gasteiger charge is 2.15. The Balaban J connectivity index is 2.41. The van der Waals surface area contributed by atoms with E-state index in [-0.39, 0.29) is 16.8 Å². The van der Waals surface area contributed by atoms with Gasteiger partial charge in [-0.1, -0.05) is 18.5 Å². The first-order valence-corrected chi connectivity index (χ1v) is 6.69. The number of nitrogens with zero attached hydrogens (tertiary/aromatic N) is 1. The van der Waals surface area contributed by atoms with E-state index in [0.717, 1.165) is 6.42 Å². The molecule has 114 valence electrons. The van der Waals surface area contributed by atoms with Crippen molar-refractivity contribution in [2.24, 2.45) is 0 Å². The lowest BCUT2D eigenvalue weighted by Crippen LogP contribution is -2.44. The van der Waals surface area contributed by atoms with E-state index in [1.165, 1.54) is 18.3 Å². The van der Waals surface area contributed by atoms with Crippen molar-refractivity contribution in [2.75, 3.05) is 6.61 Å². The van der Waals surface area contributed by atoms with Crippen molar-refractivity contribution in [2.45, 2.75) is 26.3 Å². The molecule has 1 atom stereocenters. The second kappa shape index (κ2) is 8.21. The molecular weight excluding hydrogens is 298 g/mol. The maximum absolute atomic E-state index is 11.7.